The fourth-order valence-corrected chi connectivity index (χ4v) is 3.97. The van der Waals surface area contributed by atoms with Crippen molar-refractivity contribution in [3.05, 3.63) is 126 Å². The summed E-state index contributed by atoms with van der Waals surface area (Å²) in [5, 5.41) is 7.94. The maximum Gasteiger partial charge on any atom is 0.408 e. The van der Waals surface area contributed by atoms with Crippen LogP contribution in [0.4, 0.5) is 16.2 Å². The van der Waals surface area contributed by atoms with Crippen molar-refractivity contribution in [2.75, 3.05) is 24.4 Å². The van der Waals surface area contributed by atoms with Gasteiger partial charge in [0.15, 0.2) is 6.61 Å². The molecule has 0 saturated carbocycles. The number of hydrogen-bond donors (Lipinski definition) is 3. The Labute approximate surface area is 249 Å². The van der Waals surface area contributed by atoms with E-state index in [9.17, 15) is 19.2 Å². The van der Waals surface area contributed by atoms with Crippen molar-refractivity contribution in [2.24, 2.45) is 0 Å². The number of carbonyl (C=O) groups excluding carboxylic acids is 4. The second-order valence-corrected chi connectivity index (χ2v) is 9.36. The second kappa shape index (κ2) is 15.4. The molecule has 3 amide bonds. The highest BCUT2D eigenvalue weighted by atomic mass is 16.6. The molecular weight excluding hydrogens is 550 g/mol. The van der Waals surface area contributed by atoms with E-state index >= 15 is 0 Å². The lowest BCUT2D eigenvalue weighted by Crippen LogP contribution is -2.44. The smallest absolute Gasteiger partial charge is 0.408 e. The third-order valence-electron chi connectivity index (χ3n) is 6.20. The molecule has 4 rings (SSSR count). The minimum absolute atomic E-state index is 0.0319. The Morgan fingerprint density at radius 3 is 1.88 bits per heavy atom. The zero-order valence-corrected chi connectivity index (χ0v) is 23.4. The first-order valence-corrected chi connectivity index (χ1v) is 13.4. The fraction of sp³-hybridized carbons (Fsp3) is 0.152. The van der Waals surface area contributed by atoms with Crippen LogP contribution < -0.4 is 20.7 Å². The minimum Gasteiger partial charge on any atom is -0.497 e. The van der Waals surface area contributed by atoms with Crippen molar-refractivity contribution in [1.29, 1.82) is 0 Å². The van der Waals surface area contributed by atoms with Gasteiger partial charge in [0.2, 0.25) is 0 Å². The van der Waals surface area contributed by atoms with Gasteiger partial charge in [-0.05, 0) is 59.7 Å². The molecule has 43 heavy (non-hydrogen) atoms. The van der Waals surface area contributed by atoms with Crippen molar-refractivity contribution in [3.63, 3.8) is 0 Å². The largest absolute Gasteiger partial charge is 0.497 e. The third-order valence-corrected chi connectivity index (χ3v) is 6.20. The second-order valence-electron chi connectivity index (χ2n) is 9.36. The summed E-state index contributed by atoms with van der Waals surface area (Å²) in [6.07, 6.45) is -0.649. The minimum atomic E-state index is -1.08. The van der Waals surface area contributed by atoms with Crippen LogP contribution in [0.15, 0.2) is 109 Å². The van der Waals surface area contributed by atoms with E-state index in [2.05, 4.69) is 16.0 Å². The maximum atomic E-state index is 12.9. The average molecular weight is 582 g/mol. The molecule has 0 spiro atoms. The van der Waals surface area contributed by atoms with Crippen molar-refractivity contribution in [3.8, 4) is 5.75 Å². The molecule has 1 atom stereocenters. The van der Waals surface area contributed by atoms with Gasteiger partial charge >= 0.3 is 12.1 Å². The van der Waals surface area contributed by atoms with Gasteiger partial charge in [-0.1, -0.05) is 60.7 Å². The number of hydrogen-bond acceptors (Lipinski definition) is 7. The van der Waals surface area contributed by atoms with Gasteiger partial charge in [-0.25, -0.2) is 9.59 Å². The average Bonchev–Trinajstić information content (AvgIpc) is 3.04. The van der Waals surface area contributed by atoms with Crippen LogP contribution in [0.2, 0.25) is 0 Å². The summed E-state index contributed by atoms with van der Waals surface area (Å²) < 4.78 is 15.6. The number of nitrogens with one attached hydrogen (secondary N) is 3. The predicted molar refractivity (Wildman–Crippen MR) is 161 cm³/mol. The summed E-state index contributed by atoms with van der Waals surface area (Å²) in [6.45, 7) is -0.547. The molecule has 0 fully saturated rings. The van der Waals surface area contributed by atoms with Crippen LogP contribution in [0.1, 0.15) is 21.5 Å². The highest BCUT2D eigenvalue weighted by Crippen LogP contribution is 2.17. The lowest BCUT2D eigenvalue weighted by Gasteiger charge is -2.18. The molecule has 220 valence electrons. The maximum absolute atomic E-state index is 12.9. The van der Waals surface area contributed by atoms with E-state index in [-0.39, 0.29) is 18.9 Å². The van der Waals surface area contributed by atoms with Crippen LogP contribution in [-0.4, -0.2) is 43.6 Å². The molecule has 0 radical (unpaired) electrons. The van der Waals surface area contributed by atoms with Gasteiger partial charge < -0.3 is 30.2 Å². The van der Waals surface area contributed by atoms with Crippen LogP contribution in [0, 0.1) is 0 Å². The first-order chi connectivity index (χ1) is 20.9. The molecular formula is C33H31N3O7. The molecule has 4 aromatic rings. The Balaban J connectivity index is 1.28. The molecule has 3 N–H and O–H groups in total. The summed E-state index contributed by atoms with van der Waals surface area (Å²) in [7, 11) is 1.56. The zero-order valence-electron chi connectivity index (χ0n) is 23.4. The normalized spacial score (nSPS) is 11.0. The van der Waals surface area contributed by atoms with E-state index in [4.69, 9.17) is 14.2 Å². The number of rotatable bonds is 12. The fourth-order valence-electron chi connectivity index (χ4n) is 3.97. The van der Waals surface area contributed by atoms with E-state index in [0.29, 0.717) is 22.7 Å². The van der Waals surface area contributed by atoms with Crippen LogP contribution in [0.3, 0.4) is 0 Å². The molecule has 0 aromatic heterocycles. The summed E-state index contributed by atoms with van der Waals surface area (Å²) in [4.78, 5) is 50.4. The van der Waals surface area contributed by atoms with Crippen LogP contribution in [-0.2, 0) is 32.1 Å². The van der Waals surface area contributed by atoms with Gasteiger partial charge in [0, 0.05) is 23.4 Å². The molecule has 0 aliphatic heterocycles. The van der Waals surface area contributed by atoms with E-state index in [1.807, 2.05) is 60.7 Å². The Morgan fingerprint density at radius 1 is 0.674 bits per heavy atom. The number of methoxy groups -OCH3 is 1. The molecule has 0 bridgehead atoms. The number of carbonyl (C=O) groups is 4. The lowest BCUT2D eigenvalue weighted by molar-refractivity contribution is -0.149. The molecule has 0 aliphatic carbocycles. The van der Waals surface area contributed by atoms with Crippen molar-refractivity contribution < 1.29 is 33.4 Å². The van der Waals surface area contributed by atoms with E-state index in [1.54, 1.807) is 55.6 Å². The quantitative estimate of drug-likeness (QED) is 0.201. The van der Waals surface area contributed by atoms with Gasteiger partial charge in [-0.2, -0.15) is 0 Å². The van der Waals surface area contributed by atoms with Crippen LogP contribution in [0.25, 0.3) is 0 Å². The molecule has 0 heterocycles. The van der Waals surface area contributed by atoms with E-state index in [0.717, 1.165) is 11.1 Å². The van der Waals surface area contributed by atoms with Gasteiger partial charge in [0.25, 0.3) is 11.8 Å². The van der Waals surface area contributed by atoms with Gasteiger partial charge in [-0.3, -0.25) is 9.59 Å². The molecule has 10 heteroatoms. The number of anilines is 2. The van der Waals surface area contributed by atoms with Crippen LogP contribution in [0.5, 0.6) is 5.75 Å². The Kier molecular flexibility index (Phi) is 10.8. The first kappa shape index (κ1) is 30.3. The van der Waals surface area contributed by atoms with Crippen LogP contribution >= 0.6 is 0 Å². The van der Waals surface area contributed by atoms with Gasteiger partial charge in [0.05, 0.1) is 7.11 Å². The topological polar surface area (TPSA) is 132 Å². The Bertz CT molecular complexity index is 1510. The van der Waals surface area contributed by atoms with Gasteiger partial charge in [-0.15, -0.1) is 0 Å². The lowest BCUT2D eigenvalue weighted by atomic mass is 10.1. The van der Waals surface area contributed by atoms with E-state index in [1.165, 1.54) is 0 Å². The van der Waals surface area contributed by atoms with E-state index < -0.39 is 30.6 Å². The SMILES string of the molecule is COc1ccc(NC(=O)c2ccc(NC(=O)COC(=O)C(Cc3ccccc3)NC(=O)OCc3ccccc3)cc2)cc1. The van der Waals surface area contributed by atoms with Crippen molar-refractivity contribution in [1.82, 2.24) is 5.32 Å². The molecule has 4 aromatic carbocycles. The standard InChI is InChI=1S/C33H31N3O7/c1-41-28-18-16-27(17-19-28)35-31(38)25-12-14-26(15-13-25)34-30(37)22-42-32(39)29(20-23-8-4-2-5-9-23)36-33(40)43-21-24-10-6-3-7-11-24/h2-19,29H,20-22H2,1H3,(H,34,37)(H,35,38)(H,36,40). The molecule has 10 nitrogen and oxygen atoms in total. The monoisotopic (exact) mass is 581 g/mol. The summed E-state index contributed by atoms with van der Waals surface area (Å²) >= 11 is 0. The highest BCUT2D eigenvalue weighted by Gasteiger charge is 2.24. The number of esters is 1. The summed E-state index contributed by atoms with van der Waals surface area (Å²) in [6, 6.07) is 30.3. The zero-order chi connectivity index (χ0) is 30.4. The van der Waals surface area contributed by atoms with Gasteiger partial charge in [0.1, 0.15) is 18.4 Å². The summed E-state index contributed by atoms with van der Waals surface area (Å²) in [5.74, 6) is -1.03. The highest BCUT2D eigenvalue weighted by molar-refractivity contribution is 6.04. The Morgan fingerprint density at radius 2 is 1.26 bits per heavy atom. The first-order valence-electron chi connectivity index (χ1n) is 13.4. The number of ether oxygens (including phenoxy) is 3. The molecule has 0 saturated heterocycles. The molecule has 0 aliphatic rings. The van der Waals surface area contributed by atoms with Crippen molar-refractivity contribution in [2.45, 2.75) is 19.1 Å². The predicted octanol–water partition coefficient (Wildman–Crippen LogP) is 4.97. The number of benzene rings is 4. The molecule has 1 unspecified atom stereocenters. The number of alkyl carbamates (subject to hydrolysis) is 1. The summed E-state index contributed by atoms with van der Waals surface area (Å²) in [5.41, 5.74) is 2.98. The van der Waals surface area contributed by atoms with Crippen molar-refractivity contribution >= 4 is 35.3 Å². The number of amides is 3. The Hall–Kier alpha value is -5.64. The third kappa shape index (κ3) is 9.75.